The standard InChI is InChI=1S/C5H5N.FH.HI/c1-2-4-6-5-3-1;;/h1-5H;2*1H/p-1. The highest BCUT2D eigenvalue weighted by atomic mass is 127. The van der Waals surface area contributed by atoms with E-state index in [0.29, 0.717) is 0 Å². The van der Waals surface area contributed by atoms with Crippen molar-refractivity contribution in [2.24, 2.45) is 0 Å². The number of hydrogen-bond donors (Lipinski definition) is 0. The molecule has 8 heavy (non-hydrogen) atoms. The second-order valence-corrected chi connectivity index (χ2v) is 1.08. The smallest absolute Gasteiger partial charge is 0.166 e. The molecule has 0 atom stereocenters. The van der Waals surface area contributed by atoms with E-state index in [1.165, 1.54) is 0 Å². The Morgan fingerprint density at radius 1 is 0.875 bits per heavy atom. The summed E-state index contributed by atoms with van der Waals surface area (Å²) in [4.78, 5) is 2.89. The highest BCUT2D eigenvalue weighted by Gasteiger charge is 1.65. The molecule has 0 fully saturated rings. The van der Waals surface area contributed by atoms with E-state index < -0.39 is 0 Å². The molecule has 0 saturated heterocycles. The van der Waals surface area contributed by atoms with Gasteiger partial charge in [0.15, 0.2) is 12.4 Å². The van der Waals surface area contributed by atoms with Crippen molar-refractivity contribution in [1.82, 2.24) is 0 Å². The van der Waals surface area contributed by atoms with Gasteiger partial charge in [0, 0.05) is 12.1 Å². The number of halogens is 2. The van der Waals surface area contributed by atoms with Gasteiger partial charge in [0.05, 0.1) is 0 Å². The summed E-state index contributed by atoms with van der Waals surface area (Å²) >= 11 is 0. The molecule has 0 saturated carbocycles. The molecule has 0 spiro atoms. The van der Waals surface area contributed by atoms with Crippen molar-refractivity contribution in [1.29, 1.82) is 0 Å². The fourth-order valence-corrected chi connectivity index (χ4v) is 0.342. The van der Waals surface area contributed by atoms with Crippen molar-refractivity contribution < 1.29 is 33.7 Å². The second-order valence-electron chi connectivity index (χ2n) is 1.08. The third kappa shape index (κ3) is 3.98. The monoisotopic (exact) mass is 226 g/mol. The van der Waals surface area contributed by atoms with Gasteiger partial charge < -0.3 is 28.7 Å². The number of hydrogen-bond acceptors (Lipinski definition) is 0. The van der Waals surface area contributed by atoms with Gasteiger partial charge in [0.25, 0.3) is 0 Å². The topological polar surface area (TPSA) is 14.1 Å². The number of aromatic nitrogens is 1. The third-order valence-electron chi connectivity index (χ3n) is 0.607. The summed E-state index contributed by atoms with van der Waals surface area (Å²) in [6.07, 6.45) is 3.75. The van der Waals surface area contributed by atoms with Crippen molar-refractivity contribution in [2.45, 2.75) is 0 Å². The average Bonchev–Trinajstić information content (AvgIpc) is 1.72. The summed E-state index contributed by atoms with van der Waals surface area (Å²) < 4.78 is 0. The van der Waals surface area contributed by atoms with Gasteiger partial charge in [-0.2, -0.15) is 0 Å². The van der Waals surface area contributed by atoms with Gasteiger partial charge in [-0.25, -0.2) is 4.98 Å². The molecule has 3 heteroatoms. The fraction of sp³-hybridized carbons (Fsp3) is 0. The van der Waals surface area contributed by atoms with Crippen molar-refractivity contribution in [2.75, 3.05) is 0 Å². The van der Waals surface area contributed by atoms with E-state index in [4.69, 9.17) is 0 Å². The molecule has 0 unspecified atom stereocenters. The summed E-state index contributed by atoms with van der Waals surface area (Å²) in [5.41, 5.74) is 0. The van der Waals surface area contributed by atoms with Crippen LogP contribution in [-0.4, -0.2) is 0 Å². The van der Waals surface area contributed by atoms with Gasteiger partial charge in [-0.15, -0.1) is 0 Å². The molecule has 0 aromatic carbocycles. The molecule has 46 valence electrons. The molecule has 0 radical (unpaired) electrons. The van der Waals surface area contributed by atoms with Crippen LogP contribution in [0.5, 0.6) is 0 Å². The Kier molecular flexibility index (Phi) is 9.13. The number of nitrogens with one attached hydrogen (secondary N) is 1. The first-order valence-corrected chi connectivity index (χ1v) is 1.91. The van der Waals surface area contributed by atoms with Gasteiger partial charge in [0.2, 0.25) is 0 Å². The van der Waals surface area contributed by atoms with Crippen molar-refractivity contribution >= 4 is 0 Å². The largest absolute Gasteiger partial charge is 1.00 e. The molecule has 1 heterocycles. The number of H-pyrrole nitrogens is 1. The molecule has 0 amide bonds. The van der Waals surface area contributed by atoms with Crippen LogP contribution in [0.4, 0.5) is 0 Å². The molecular weight excluding hydrogens is 220 g/mol. The van der Waals surface area contributed by atoms with Crippen molar-refractivity contribution in [3.05, 3.63) is 30.6 Å². The van der Waals surface area contributed by atoms with Crippen LogP contribution in [0.1, 0.15) is 0 Å². The Hall–Kier alpha value is -0.190. The minimum Gasteiger partial charge on any atom is -1.00 e. The molecule has 0 aliphatic carbocycles. The highest BCUT2D eigenvalue weighted by molar-refractivity contribution is 4.82. The molecule has 0 bridgehead atoms. The van der Waals surface area contributed by atoms with Crippen LogP contribution in [0.15, 0.2) is 30.6 Å². The lowest BCUT2D eigenvalue weighted by Crippen LogP contribution is -3.00. The Morgan fingerprint density at radius 3 is 1.50 bits per heavy atom. The molecule has 1 rings (SSSR count). The number of pyridine rings is 1. The molecule has 1 nitrogen and oxygen atoms in total. The van der Waals surface area contributed by atoms with Crippen LogP contribution in [0.3, 0.4) is 0 Å². The second kappa shape index (κ2) is 6.81. The van der Waals surface area contributed by atoms with E-state index in [2.05, 4.69) is 4.98 Å². The van der Waals surface area contributed by atoms with Crippen LogP contribution in [0.2, 0.25) is 0 Å². The van der Waals surface area contributed by atoms with Crippen LogP contribution in [0, 0.1) is 0 Å². The number of aromatic amines is 1. The molecular formula is C5H6FIN-. The van der Waals surface area contributed by atoms with Crippen molar-refractivity contribution in [3.63, 3.8) is 0 Å². The van der Waals surface area contributed by atoms with Gasteiger partial charge in [-0.05, 0) is 0 Å². The first kappa shape index (κ1) is 10.7. The lowest BCUT2D eigenvalue weighted by atomic mass is 10.5. The van der Waals surface area contributed by atoms with Crippen LogP contribution in [0.25, 0.3) is 0 Å². The van der Waals surface area contributed by atoms with Crippen molar-refractivity contribution in [3.8, 4) is 0 Å². The third-order valence-corrected chi connectivity index (χ3v) is 0.607. The Bertz CT molecular complexity index is 84.4. The first-order chi connectivity index (χ1) is 3.00. The number of rotatable bonds is 0. The highest BCUT2D eigenvalue weighted by Crippen LogP contribution is 1.68. The maximum Gasteiger partial charge on any atom is 0.166 e. The molecule has 0 aliphatic rings. The maximum absolute atomic E-state index is 2.89. The lowest BCUT2D eigenvalue weighted by Gasteiger charge is -1.63. The minimum atomic E-state index is 0. The SMILES string of the molecule is [F-].[I-].c1cc[nH+]cc1. The predicted molar refractivity (Wildman–Crippen MR) is 23.0 cm³/mol. The van der Waals surface area contributed by atoms with Gasteiger partial charge in [-0.3, -0.25) is 0 Å². The summed E-state index contributed by atoms with van der Waals surface area (Å²) in [5, 5.41) is 0. The zero-order valence-electron chi connectivity index (χ0n) is 4.14. The Balaban J connectivity index is 0. The summed E-state index contributed by atoms with van der Waals surface area (Å²) in [6, 6.07) is 5.86. The quantitative estimate of drug-likeness (QED) is 0.392. The Morgan fingerprint density at radius 2 is 1.38 bits per heavy atom. The van der Waals surface area contributed by atoms with E-state index in [-0.39, 0.29) is 28.7 Å². The molecule has 1 N–H and O–H groups in total. The van der Waals surface area contributed by atoms with Crippen LogP contribution >= 0.6 is 0 Å². The zero-order chi connectivity index (χ0) is 4.24. The molecule has 1 aromatic rings. The summed E-state index contributed by atoms with van der Waals surface area (Å²) in [7, 11) is 0. The van der Waals surface area contributed by atoms with E-state index in [0.717, 1.165) is 0 Å². The minimum absolute atomic E-state index is 0. The molecule has 1 aromatic heterocycles. The van der Waals surface area contributed by atoms with Crippen LogP contribution < -0.4 is 33.7 Å². The Labute approximate surface area is 64.5 Å². The predicted octanol–water partition coefficient (Wildman–Crippen LogP) is -5.49. The van der Waals surface area contributed by atoms with E-state index in [1.807, 2.05) is 30.6 Å². The van der Waals surface area contributed by atoms with Gasteiger partial charge in [-0.1, -0.05) is 6.07 Å². The van der Waals surface area contributed by atoms with Crippen LogP contribution in [-0.2, 0) is 0 Å². The van der Waals surface area contributed by atoms with Gasteiger partial charge in [0.1, 0.15) is 0 Å². The van der Waals surface area contributed by atoms with E-state index in [9.17, 15) is 0 Å². The van der Waals surface area contributed by atoms with E-state index >= 15 is 0 Å². The summed E-state index contributed by atoms with van der Waals surface area (Å²) in [6.45, 7) is 0. The van der Waals surface area contributed by atoms with E-state index in [1.54, 1.807) is 0 Å². The molecule has 0 aliphatic heterocycles. The first-order valence-electron chi connectivity index (χ1n) is 1.91. The normalized spacial score (nSPS) is 6.00. The average molecular weight is 226 g/mol. The van der Waals surface area contributed by atoms with Gasteiger partial charge >= 0.3 is 0 Å². The maximum atomic E-state index is 2.89. The zero-order valence-corrected chi connectivity index (χ0v) is 6.30. The lowest BCUT2D eigenvalue weighted by molar-refractivity contribution is -0.377. The summed E-state index contributed by atoms with van der Waals surface area (Å²) in [5.74, 6) is 0. The fourth-order valence-electron chi connectivity index (χ4n) is 0.342.